The predicted molar refractivity (Wildman–Crippen MR) is 150 cm³/mol. The van der Waals surface area contributed by atoms with Crippen molar-refractivity contribution in [3.63, 3.8) is 0 Å². The van der Waals surface area contributed by atoms with Gasteiger partial charge in [0.1, 0.15) is 34.5 Å². The minimum Gasteiger partial charge on any atom is -0.507 e. The number of phenols is 4. The Hall–Kier alpha value is -5.09. The Morgan fingerprint density at radius 2 is 1.33 bits per heavy atom. The normalized spacial score (nSPS) is 17.6. The van der Waals surface area contributed by atoms with E-state index >= 15 is 0 Å². The molecular weight excluding hydrogens is 544 g/mol. The average Bonchev–Trinajstić information content (AvgIpc) is 2.89. The molecule has 0 bridgehead atoms. The van der Waals surface area contributed by atoms with Gasteiger partial charge in [0.2, 0.25) is 5.78 Å². The summed E-state index contributed by atoms with van der Waals surface area (Å²) in [4.78, 5) is 40.2. The molecule has 6 rings (SSSR count). The van der Waals surface area contributed by atoms with Crippen LogP contribution < -0.4 is 9.47 Å². The fourth-order valence-corrected chi connectivity index (χ4v) is 6.27. The molecule has 0 heterocycles. The van der Waals surface area contributed by atoms with E-state index in [0.29, 0.717) is 11.1 Å². The fourth-order valence-electron chi connectivity index (χ4n) is 6.27. The second-order valence-electron chi connectivity index (χ2n) is 11.0. The van der Waals surface area contributed by atoms with Crippen molar-refractivity contribution >= 4 is 28.1 Å². The summed E-state index contributed by atoms with van der Waals surface area (Å²) >= 11 is 0. The first-order chi connectivity index (χ1) is 19.8. The molecule has 2 aliphatic rings. The van der Waals surface area contributed by atoms with Crippen molar-refractivity contribution in [1.82, 2.24) is 0 Å². The number of ketones is 3. The lowest BCUT2D eigenvalue weighted by Crippen LogP contribution is -2.35. The number of hydrogen-bond donors (Lipinski definition) is 5. The van der Waals surface area contributed by atoms with Crippen LogP contribution in [0.1, 0.15) is 66.7 Å². The van der Waals surface area contributed by atoms with Gasteiger partial charge in [0.05, 0.1) is 47.5 Å². The van der Waals surface area contributed by atoms with Crippen LogP contribution in [0, 0.1) is 6.92 Å². The SMILES string of the molecule is COc1cc2c(c(O)c1-c1c(OC)cc(O)c3c(O)c4c(cc13)C[C@](C)(O)CC4=O)C(=O)c1c(O)cc(C)cc1C2=O. The van der Waals surface area contributed by atoms with Crippen LogP contribution in [0.2, 0.25) is 0 Å². The zero-order valence-electron chi connectivity index (χ0n) is 23.1. The monoisotopic (exact) mass is 570 g/mol. The smallest absolute Gasteiger partial charge is 0.201 e. The number of ether oxygens (including phenoxy) is 2. The van der Waals surface area contributed by atoms with Crippen LogP contribution in [0.15, 0.2) is 30.3 Å². The number of Topliss-reactive ketones (excluding diaryl/α,β-unsaturated/α-hetero) is 1. The molecule has 10 nitrogen and oxygen atoms in total. The third-order valence-electron chi connectivity index (χ3n) is 7.97. The summed E-state index contributed by atoms with van der Waals surface area (Å²) in [6.45, 7) is 3.16. The van der Waals surface area contributed by atoms with E-state index in [4.69, 9.17) is 9.47 Å². The van der Waals surface area contributed by atoms with E-state index in [0.717, 1.165) is 0 Å². The van der Waals surface area contributed by atoms with Gasteiger partial charge in [-0.15, -0.1) is 0 Å². The van der Waals surface area contributed by atoms with Gasteiger partial charge >= 0.3 is 0 Å². The van der Waals surface area contributed by atoms with E-state index in [9.17, 15) is 39.9 Å². The molecule has 0 spiro atoms. The molecule has 0 radical (unpaired) electrons. The standard InChI is InChI=1S/C32H26O10/c1-12-5-15-24(17(33)6-12)30(38)26-16(28(15)36)8-20(41-3)27(31(26)39)25-14-7-13-10-32(2,40)11-19(35)22(13)29(37)23(14)18(34)9-21(25)42-4/h5-9,33-34,37,39-40H,10-11H2,1-4H3/t32-/m0/s1. The first-order valence-electron chi connectivity index (χ1n) is 13.0. The summed E-state index contributed by atoms with van der Waals surface area (Å²) in [6.07, 6.45) is -0.225. The number of hydrogen-bond acceptors (Lipinski definition) is 10. The topological polar surface area (TPSA) is 171 Å². The maximum atomic E-state index is 13.7. The number of rotatable bonds is 3. The quantitative estimate of drug-likeness (QED) is 0.211. The summed E-state index contributed by atoms with van der Waals surface area (Å²) < 4.78 is 11.1. The highest BCUT2D eigenvalue weighted by atomic mass is 16.5. The highest BCUT2D eigenvalue weighted by molar-refractivity contribution is 6.31. The molecule has 0 fully saturated rings. The average molecular weight is 571 g/mol. The molecule has 0 amide bonds. The maximum absolute atomic E-state index is 13.7. The summed E-state index contributed by atoms with van der Waals surface area (Å²) in [6, 6.07) is 6.81. The van der Waals surface area contributed by atoms with Crippen LogP contribution in [0.4, 0.5) is 0 Å². The van der Waals surface area contributed by atoms with Gasteiger partial charge in [0.25, 0.3) is 0 Å². The first kappa shape index (κ1) is 27.1. The van der Waals surface area contributed by atoms with Crippen LogP contribution in [-0.4, -0.2) is 62.7 Å². The Morgan fingerprint density at radius 1 is 0.690 bits per heavy atom. The third-order valence-corrected chi connectivity index (χ3v) is 7.97. The maximum Gasteiger partial charge on any atom is 0.201 e. The largest absolute Gasteiger partial charge is 0.507 e. The number of aliphatic hydroxyl groups is 1. The molecule has 4 aromatic rings. The molecule has 0 unspecified atom stereocenters. The summed E-state index contributed by atoms with van der Waals surface area (Å²) in [5.41, 5.74) is -1.36. The molecule has 1 atom stereocenters. The Kier molecular flexibility index (Phi) is 5.78. The molecule has 42 heavy (non-hydrogen) atoms. The van der Waals surface area contributed by atoms with Gasteiger partial charge < -0.3 is 35.0 Å². The Labute approximate surface area is 239 Å². The first-order valence-corrected chi connectivity index (χ1v) is 13.0. The van der Waals surface area contributed by atoms with Crippen LogP contribution in [0.25, 0.3) is 21.9 Å². The number of carbonyl (C=O) groups is 3. The lowest BCUT2D eigenvalue weighted by atomic mass is 9.77. The van der Waals surface area contributed by atoms with Crippen LogP contribution in [0.5, 0.6) is 34.5 Å². The van der Waals surface area contributed by atoms with Crippen molar-refractivity contribution in [2.24, 2.45) is 0 Å². The van der Waals surface area contributed by atoms with Crippen molar-refractivity contribution in [3.05, 3.63) is 69.3 Å². The number of aryl methyl sites for hydroxylation is 1. The minimum atomic E-state index is -1.39. The lowest BCUT2D eigenvalue weighted by molar-refractivity contribution is 0.0409. The van der Waals surface area contributed by atoms with Crippen molar-refractivity contribution in [2.75, 3.05) is 14.2 Å². The molecular formula is C32H26O10. The Bertz CT molecular complexity index is 1930. The fraction of sp³-hybridized carbons (Fsp3) is 0.219. The lowest BCUT2D eigenvalue weighted by Gasteiger charge is -2.30. The number of aromatic hydroxyl groups is 4. The van der Waals surface area contributed by atoms with Crippen molar-refractivity contribution in [3.8, 4) is 45.6 Å². The van der Waals surface area contributed by atoms with Crippen molar-refractivity contribution in [1.29, 1.82) is 0 Å². The second-order valence-corrected chi connectivity index (χ2v) is 11.0. The second kappa shape index (κ2) is 8.95. The number of carbonyl (C=O) groups excluding carboxylic acids is 3. The van der Waals surface area contributed by atoms with E-state index in [1.165, 1.54) is 51.5 Å². The molecule has 0 saturated heterocycles. The number of fused-ring (bicyclic) bond motifs is 4. The molecule has 214 valence electrons. The van der Waals surface area contributed by atoms with E-state index < -0.39 is 45.9 Å². The third kappa shape index (κ3) is 3.65. The minimum absolute atomic E-state index is 0.00472. The van der Waals surface area contributed by atoms with E-state index in [-0.39, 0.29) is 74.1 Å². The zero-order chi connectivity index (χ0) is 30.4. The van der Waals surface area contributed by atoms with Gasteiger partial charge in [-0.05, 0) is 49.2 Å². The molecule has 0 saturated carbocycles. The summed E-state index contributed by atoms with van der Waals surface area (Å²) in [7, 11) is 2.61. The number of benzene rings is 4. The Balaban J connectivity index is 1.73. The van der Waals surface area contributed by atoms with Gasteiger partial charge in [0, 0.05) is 41.0 Å². The summed E-state index contributed by atoms with van der Waals surface area (Å²) in [5, 5.41) is 55.2. The highest BCUT2D eigenvalue weighted by Gasteiger charge is 2.39. The van der Waals surface area contributed by atoms with Gasteiger partial charge in [-0.25, -0.2) is 0 Å². The van der Waals surface area contributed by atoms with Crippen LogP contribution in [0.3, 0.4) is 0 Å². The van der Waals surface area contributed by atoms with Crippen molar-refractivity contribution in [2.45, 2.75) is 32.3 Å². The van der Waals surface area contributed by atoms with Gasteiger partial charge in [-0.2, -0.15) is 0 Å². The van der Waals surface area contributed by atoms with E-state index in [2.05, 4.69) is 0 Å². The Morgan fingerprint density at radius 3 is 2.00 bits per heavy atom. The van der Waals surface area contributed by atoms with Gasteiger partial charge in [-0.1, -0.05) is 0 Å². The molecule has 10 heteroatoms. The van der Waals surface area contributed by atoms with E-state index in [1.54, 1.807) is 6.92 Å². The zero-order valence-corrected chi connectivity index (χ0v) is 23.1. The van der Waals surface area contributed by atoms with Crippen molar-refractivity contribution < 1.29 is 49.4 Å². The molecule has 2 aliphatic carbocycles. The number of phenolic OH excluding ortho intramolecular Hbond substituents is 4. The molecule has 0 aromatic heterocycles. The molecule has 4 aromatic carbocycles. The molecule has 0 aliphatic heterocycles. The van der Waals surface area contributed by atoms with Gasteiger partial charge in [-0.3, -0.25) is 14.4 Å². The summed E-state index contributed by atoms with van der Waals surface area (Å²) in [5.74, 6) is -3.92. The predicted octanol–water partition coefficient (Wildman–Crippen LogP) is 4.31. The van der Waals surface area contributed by atoms with Crippen LogP contribution >= 0.6 is 0 Å². The highest BCUT2D eigenvalue weighted by Crippen LogP contribution is 2.54. The molecule has 5 N–H and O–H groups in total. The number of methoxy groups -OCH3 is 2. The van der Waals surface area contributed by atoms with E-state index in [1.807, 2.05) is 0 Å². The van der Waals surface area contributed by atoms with Crippen LogP contribution in [-0.2, 0) is 6.42 Å². The van der Waals surface area contributed by atoms with Gasteiger partial charge in [0.15, 0.2) is 11.6 Å².